The molecule has 0 spiro atoms. The Balaban J connectivity index is 2.16. The average Bonchev–Trinajstić information content (AvgIpc) is 2.27. The van der Waals surface area contributed by atoms with Crippen molar-refractivity contribution in [2.75, 3.05) is 0 Å². The van der Waals surface area contributed by atoms with E-state index in [1.54, 1.807) is 11.1 Å². The van der Waals surface area contributed by atoms with E-state index in [-0.39, 0.29) is 0 Å². The molecule has 0 saturated carbocycles. The van der Waals surface area contributed by atoms with Crippen molar-refractivity contribution in [3.8, 4) is 0 Å². The highest BCUT2D eigenvalue weighted by Crippen LogP contribution is 2.24. The summed E-state index contributed by atoms with van der Waals surface area (Å²) in [5.41, 5.74) is 4.60. The first kappa shape index (κ1) is 11.7. The molecule has 1 aliphatic carbocycles. The first-order chi connectivity index (χ1) is 7.66. The Labute approximate surface area is 99.3 Å². The molecule has 2 rings (SSSR count). The fourth-order valence-electron chi connectivity index (χ4n) is 2.62. The van der Waals surface area contributed by atoms with Crippen LogP contribution in [0.3, 0.4) is 0 Å². The van der Waals surface area contributed by atoms with Crippen molar-refractivity contribution in [2.45, 2.75) is 58.5 Å². The topological polar surface area (TPSA) is 12.0 Å². The molecule has 1 atom stereocenters. The molecule has 16 heavy (non-hydrogen) atoms. The monoisotopic (exact) mass is 217 g/mol. The van der Waals surface area contributed by atoms with Crippen molar-refractivity contribution in [2.24, 2.45) is 0 Å². The smallest absolute Gasteiger partial charge is 0.0294 e. The van der Waals surface area contributed by atoms with Crippen LogP contribution in [0.2, 0.25) is 0 Å². The summed E-state index contributed by atoms with van der Waals surface area (Å²) in [6.07, 6.45) is 5.29. The summed E-state index contributed by atoms with van der Waals surface area (Å²) in [7, 11) is 0. The summed E-state index contributed by atoms with van der Waals surface area (Å²) in [6, 6.07) is 8.06. The van der Waals surface area contributed by atoms with Crippen molar-refractivity contribution < 1.29 is 0 Å². The number of rotatable bonds is 3. The highest BCUT2D eigenvalue weighted by Gasteiger charge is 2.12. The molecule has 88 valence electrons. The van der Waals surface area contributed by atoms with Gasteiger partial charge in [0.1, 0.15) is 0 Å². The number of benzene rings is 1. The highest BCUT2D eigenvalue weighted by atomic mass is 14.9. The van der Waals surface area contributed by atoms with Gasteiger partial charge < -0.3 is 5.32 Å². The lowest BCUT2D eigenvalue weighted by Gasteiger charge is -2.21. The minimum absolute atomic E-state index is 0.465. The van der Waals surface area contributed by atoms with E-state index in [1.165, 1.54) is 31.2 Å². The number of fused-ring (bicyclic) bond motifs is 1. The van der Waals surface area contributed by atoms with Gasteiger partial charge in [-0.15, -0.1) is 0 Å². The molecular formula is C15H23N. The Hall–Kier alpha value is -0.820. The Morgan fingerprint density at radius 3 is 2.38 bits per heavy atom. The molecule has 1 nitrogen and oxygen atoms in total. The summed E-state index contributed by atoms with van der Waals surface area (Å²) in [6.45, 7) is 6.66. The minimum Gasteiger partial charge on any atom is -0.308 e. The maximum absolute atomic E-state index is 3.57. The Kier molecular flexibility index (Phi) is 3.65. The molecule has 1 aliphatic rings. The van der Waals surface area contributed by atoms with Crippen LogP contribution in [-0.4, -0.2) is 6.04 Å². The van der Waals surface area contributed by atoms with E-state index >= 15 is 0 Å². The molecule has 0 radical (unpaired) electrons. The lowest BCUT2D eigenvalue weighted by atomic mass is 9.89. The average molecular weight is 217 g/mol. The highest BCUT2D eigenvalue weighted by molar-refractivity contribution is 5.35. The standard InChI is InChI=1S/C15H23N/c1-11(2)16-12(3)14-9-8-13-6-4-5-7-15(13)10-14/h8-12,16H,4-7H2,1-3H3/t12-/m0/s1. The molecular weight excluding hydrogens is 194 g/mol. The molecule has 1 aromatic carbocycles. The van der Waals surface area contributed by atoms with Crippen LogP contribution in [0, 0.1) is 0 Å². The molecule has 1 heteroatoms. The van der Waals surface area contributed by atoms with Gasteiger partial charge in [0.05, 0.1) is 0 Å². The Bertz CT molecular complexity index is 354. The quantitative estimate of drug-likeness (QED) is 0.815. The van der Waals surface area contributed by atoms with Crippen molar-refractivity contribution in [3.05, 3.63) is 34.9 Å². The van der Waals surface area contributed by atoms with Crippen LogP contribution in [0.1, 0.15) is 56.3 Å². The fraction of sp³-hybridized carbons (Fsp3) is 0.600. The first-order valence-corrected chi connectivity index (χ1v) is 6.54. The van der Waals surface area contributed by atoms with Crippen molar-refractivity contribution >= 4 is 0 Å². The van der Waals surface area contributed by atoms with Gasteiger partial charge in [0.15, 0.2) is 0 Å². The third kappa shape index (κ3) is 2.65. The third-order valence-corrected chi connectivity index (χ3v) is 3.46. The first-order valence-electron chi connectivity index (χ1n) is 6.54. The van der Waals surface area contributed by atoms with Gasteiger partial charge in [-0.3, -0.25) is 0 Å². The van der Waals surface area contributed by atoms with Crippen LogP contribution in [-0.2, 0) is 12.8 Å². The molecule has 0 amide bonds. The van der Waals surface area contributed by atoms with Crippen LogP contribution in [0.25, 0.3) is 0 Å². The van der Waals surface area contributed by atoms with Crippen LogP contribution in [0.15, 0.2) is 18.2 Å². The maximum atomic E-state index is 3.57. The molecule has 1 aromatic rings. The van der Waals surface area contributed by atoms with Crippen LogP contribution < -0.4 is 5.32 Å². The van der Waals surface area contributed by atoms with Gasteiger partial charge in [-0.2, -0.15) is 0 Å². The second-order valence-corrected chi connectivity index (χ2v) is 5.28. The van der Waals surface area contributed by atoms with Gasteiger partial charge in [0.25, 0.3) is 0 Å². The summed E-state index contributed by atoms with van der Waals surface area (Å²) in [4.78, 5) is 0. The molecule has 0 heterocycles. The van der Waals surface area contributed by atoms with Crippen molar-refractivity contribution in [1.82, 2.24) is 5.32 Å². The van der Waals surface area contributed by atoms with E-state index in [2.05, 4.69) is 44.3 Å². The second-order valence-electron chi connectivity index (χ2n) is 5.28. The predicted molar refractivity (Wildman–Crippen MR) is 69.8 cm³/mol. The van der Waals surface area contributed by atoms with Crippen LogP contribution >= 0.6 is 0 Å². The summed E-state index contributed by atoms with van der Waals surface area (Å²) in [5.74, 6) is 0. The second kappa shape index (κ2) is 5.01. The van der Waals surface area contributed by atoms with E-state index in [0.717, 1.165) is 0 Å². The lowest BCUT2D eigenvalue weighted by Crippen LogP contribution is -2.26. The molecule has 0 unspecified atom stereocenters. The molecule has 0 aliphatic heterocycles. The number of aryl methyl sites for hydroxylation is 2. The summed E-state index contributed by atoms with van der Waals surface area (Å²) < 4.78 is 0. The van der Waals surface area contributed by atoms with E-state index in [4.69, 9.17) is 0 Å². The van der Waals surface area contributed by atoms with Gasteiger partial charge in [-0.1, -0.05) is 32.0 Å². The van der Waals surface area contributed by atoms with Crippen LogP contribution in [0.5, 0.6) is 0 Å². The van der Waals surface area contributed by atoms with Crippen molar-refractivity contribution in [3.63, 3.8) is 0 Å². The zero-order valence-corrected chi connectivity index (χ0v) is 10.7. The molecule has 0 saturated heterocycles. The van der Waals surface area contributed by atoms with Gasteiger partial charge in [0, 0.05) is 12.1 Å². The molecule has 0 bridgehead atoms. The number of hydrogen-bond acceptors (Lipinski definition) is 1. The zero-order chi connectivity index (χ0) is 11.5. The number of hydrogen-bond donors (Lipinski definition) is 1. The Morgan fingerprint density at radius 2 is 1.69 bits per heavy atom. The summed E-state index contributed by atoms with van der Waals surface area (Å²) >= 11 is 0. The third-order valence-electron chi connectivity index (χ3n) is 3.46. The molecule has 1 N–H and O–H groups in total. The van der Waals surface area contributed by atoms with E-state index in [9.17, 15) is 0 Å². The zero-order valence-electron chi connectivity index (χ0n) is 10.7. The van der Waals surface area contributed by atoms with E-state index < -0.39 is 0 Å². The fourth-order valence-corrected chi connectivity index (χ4v) is 2.62. The minimum atomic E-state index is 0.465. The number of nitrogens with one attached hydrogen (secondary N) is 1. The predicted octanol–water partition coefficient (Wildman–Crippen LogP) is 3.62. The Morgan fingerprint density at radius 1 is 1.00 bits per heavy atom. The van der Waals surface area contributed by atoms with Crippen LogP contribution in [0.4, 0.5) is 0 Å². The largest absolute Gasteiger partial charge is 0.308 e. The van der Waals surface area contributed by atoms with Gasteiger partial charge >= 0.3 is 0 Å². The van der Waals surface area contributed by atoms with E-state index in [1.807, 2.05) is 0 Å². The SMILES string of the molecule is CC(C)N[C@@H](C)c1ccc2c(c1)CCCC2. The van der Waals surface area contributed by atoms with E-state index in [0.29, 0.717) is 12.1 Å². The normalized spacial score (nSPS) is 17.2. The molecule has 0 fully saturated rings. The maximum Gasteiger partial charge on any atom is 0.0294 e. The lowest BCUT2D eigenvalue weighted by molar-refractivity contribution is 0.505. The van der Waals surface area contributed by atoms with Gasteiger partial charge in [-0.25, -0.2) is 0 Å². The molecule has 0 aromatic heterocycles. The van der Waals surface area contributed by atoms with Gasteiger partial charge in [0.2, 0.25) is 0 Å². The summed E-state index contributed by atoms with van der Waals surface area (Å²) in [5, 5.41) is 3.57. The van der Waals surface area contributed by atoms with Gasteiger partial charge in [-0.05, 0) is 49.3 Å². The van der Waals surface area contributed by atoms with Crippen molar-refractivity contribution in [1.29, 1.82) is 0 Å².